The van der Waals surface area contributed by atoms with Gasteiger partial charge >= 0.3 is 0 Å². The second kappa shape index (κ2) is 5.37. The number of sulfonamides is 1. The molecule has 0 radical (unpaired) electrons. The maximum atomic E-state index is 12.0. The molecule has 1 atom stereocenters. The number of nitrogens with one attached hydrogen (secondary N) is 1. The van der Waals surface area contributed by atoms with Crippen molar-refractivity contribution in [2.45, 2.75) is 24.3 Å². The van der Waals surface area contributed by atoms with Crippen LogP contribution in [0, 0.1) is 0 Å². The molecular weight excluding hydrogens is 268 g/mol. The van der Waals surface area contributed by atoms with Crippen LogP contribution in [0.5, 0.6) is 0 Å². The summed E-state index contributed by atoms with van der Waals surface area (Å²) in [5.74, 6) is 0.742. The van der Waals surface area contributed by atoms with Crippen molar-refractivity contribution >= 4 is 16.0 Å². The van der Waals surface area contributed by atoms with Crippen molar-refractivity contribution in [3.05, 3.63) is 36.5 Å². The van der Waals surface area contributed by atoms with Gasteiger partial charge in [-0.05, 0) is 19.1 Å². The van der Waals surface area contributed by atoms with Gasteiger partial charge < -0.3 is 10.2 Å². The summed E-state index contributed by atoms with van der Waals surface area (Å²) in [6, 6.07) is 3.23. The Labute approximate surface area is 110 Å². The molecule has 7 nitrogen and oxygen atoms in total. The van der Waals surface area contributed by atoms with E-state index in [4.69, 9.17) is 10.2 Å². The van der Waals surface area contributed by atoms with E-state index < -0.39 is 10.0 Å². The second-order valence-corrected chi connectivity index (χ2v) is 5.80. The highest BCUT2D eigenvalue weighted by Crippen LogP contribution is 2.09. The first-order valence-corrected chi connectivity index (χ1v) is 7.08. The van der Waals surface area contributed by atoms with Crippen LogP contribution in [-0.4, -0.2) is 24.4 Å². The van der Waals surface area contributed by atoms with E-state index in [0.717, 1.165) is 0 Å². The average Bonchev–Trinajstić information content (AvgIpc) is 2.81. The molecule has 0 aliphatic heterocycles. The summed E-state index contributed by atoms with van der Waals surface area (Å²) in [6.45, 7) is 1.75. The van der Waals surface area contributed by atoms with Gasteiger partial charge in [-0.1, -0.05) is 0 Å². The van der Waals surface area contributed by atoms with Crippen molar-refractivity contribution in [1.82, 2.24) is 14.7 Å². The van der Waals surface area contributed by atoms with E-state index in [0.29, 0.717) is 12.2 Å². The molecule has 0 spiro atoms. The van der Waals surface area contributed by atoms with Crippen molar-refractivity contribution in [2.24, 2.45) is 0 Å². The van der Waals surface area contributed by atoms with Crippen LogP contribution >= 0.6 is 0 Å². The predicted molar refractivity (Wildman–Crippen MR) is 68.6 cm³/mol. The van der Waals surface area contributed by atoms with Gasteiger partial charge in [0.25, 0.3) is 0 Å². The number of nitrogens with zero attached hydrogens (tertiary/aromatic N) is 2. The third kappa shape index (κ3) is 3.52. The minimum atomic E-state index is -3.65. The first-order valence-electron chi connectivity index (χ1n) is 5.59. The normalized spacial score (nSPS) is 13.3. The van der Waals surface area contributed by atoms with E-state index in [1.165, 1.54) is 12.4 Å². The van der Waals surface area contributed by atoms with Crippen LogP contribution in [-0.2, 0) is 16.4 Å². The topological polar surface area (TPSA) is 111 Å². The van der Waals surface area contributed by atoms with Crippen molar-refractivity contribution < 1.29 is 12.8 Å². The van der Waals surface area contributed by atoms with Gasteiger partial charge in [-0.2, -0.15) is 0 Å². The molecule has 8 heteroatoms. The molecule has 2 aromatic rings. The lowest BCUT2D eigenvalue weighted by Gasteiger charge is -2.12. The van der Waals surface area contributed by atoms with Crippen LogP contribution in [0.4, 0.5) is 5.95 Å². The van der Waals surface area contributed by atoms with Crippen molar-refractivity contribution in [2.75, 3.05) is 5.73 Å². The van der Waals surface area contributed by atoms with Crippen molar-refractivity contribution in [1.29, 1.82) is 0 Å². The average molecular weight is 282 g/mol. The van der Waals surface area contributed by atoms with E-state index >= 15 is 0 Å². The van der Waals surface area contributed by atoms with E-state index in [9.17, 15) is 8.42 Å². The fourth-order valence-electron chi connectivity index (χ4n) is 1.57. The largest absolute Gasteiger partial charge is 0.469 e. The molecule has 102 valence electrons. The molecule has 0 bridgehead atoms. The molecule has 1 unspecified atom stereocenters. The highest BCUT2D eigenvalue weighted by molar-refractivity contribution is 7.89. The summed E-state index contributed by atoms with van der Waals surface area (Å²) < 4.78 is 31.7. The van der Waals surface area contributed by atoms with Crippen LogP contribution in [0.1, 0.15) is 12.7 Å². The lowest BCUT2D eigenvalue weighted by atomic mass is 10.2. The zero-order chi connectivity index (χ0) is 13.9. The minimum absolute atomic E-state index is 0.0204. The molecule has 0 saturated heterocycles. The maximum absolute atomic E-state index is 12.0. The first-order chi connectivity index (χ1) is 8.97. The Morgan fingerprint density at radius 1 is 1.42 bits per heavy atom. The van der Waals surface area contributed by atoms with Gasteiger partial charge in [0.1, 0.15) is 10.7 Å². The monoisotopic (exact) mass is 282 g/mol. The number of hydrogen-bond donors (Lipinski definition) is 2. The van der Waals surface area contributed by atoms with E-state index in [2.05, 4.69) is 14.7 Å². The standard InChI is InChI=1S/C11H14N4O3S/c1-8(5-9-3-2-4-18-9)15-19(16,17)10-6-13-11(12)14-7-10/h2-4,6-8,15H,5H2,1H3,(H2,12,13,14). The lowest BCUT2D eigenvalue weighted by molar-refractivity contribution is 0.479. The molecule has 0 saturated carbocycles. The van der Waals surface area contributed by atoms with Gasteiger partial charge in [0.15, 0.2) is 0 Å². The van der Waals surface area contributed by atoms with E-state index in [1.807, 2.05) is 0 Å². The number of hydrogen-bond acceptors (Lipinski definition) is 6. The molecular formula is C11H14N4O3S. The summed E-state index contributed by atoms with van der Waals surface area (Å²) in [4.78, 5) is 7.29. The van der Waals surface area contributed by atoms with E-state index in [1.54, 1.807) is 25.3 Å². The number of nitrogens with two attached hydrogens (primary N) is 1. The minimum Gasteiger partial charge on any atom is -0.469 e. The van der Waals surface area contributed by atoms with Crippen molar-refractivity contribution in [3.63, 3.8) is 0 Å². The molecule has 0 aromatic carbocycles. The third-order valence-electron chi connectivity index (χ3n) is 2.40. The highest BCUT2D eigenvalue weighted by Gasteiger charge is 2.19. The van der Waals surface area contributed by atoms with Crippen LogP contribution < -0.4 is 10.5 Å². The van der Waals surface area contributed by atoms with Crippen LogP contribution in [0.25, 0.3) is 0 Å². The Morgan fingerprint density at radius 2 is 2.11 bits per heavy atom. The SMILES string of the molecule is CC(Cc1ccco1)NS(=O)(=O)c1cnc(N)nc1. The van der Waals surface area contributed by atoms with Gasteiger partial charge in [0.2, 0.25) is 16.0 Å². The van der Waals surface area contributed by atoms with Gasteiger partial charge in [-0.25, -0.2) is 23.1 Å². The Hall–Kier alpha value is -1.93. The molecule has 0 fully saturated rings. The number of rotatable bonds is 5. The second-order valence-electron chi connectivity index (χ2n) is 4.08. The molecule has 2 aromatic heterocycles. The zero-order valence-corrected chi connectivity index (χ0v) is 11.1. The Balaban J connectivity index is 2.06. The van der Waals surface area contributed by atoms with E-state index in [-0.39, 0.29) is 16.9 Å². The predicted octanol–water partition coefficient (Wildman–Crippen LogP) is 0.561. The summed E-state index contributed by atoms with van der Waals surface area (Å²) in [5.41, 5.74) is 5.31. The first kappa shape index (κ1) is 13.5. The Kier molecular flexibility index (Phi) is 3.82. The number of anilines is 1. The highest BCUT2D eigenvalue weighted by atomic mass is 32.2. The fourth-order valence-corrected chi connectivity index (χ4v) is 2.70. The number of aromatic nitrogens is 2. The molecule has 0 amide bonds. The zero-order valence-electron chi connectivity index (χ0n) is 10.3. The molecule has 2 rings (SSSR count). The molecule has 2 heterocycles. The third-order valence-corrected chi connectivity index (χ3v) is 3.95. The van der Waals surface area contributed by atoms with Crippen LogP contribution in [0.2, 0.25) is 0 Å². The Morgan fingerprint density at radius 3 is 2.68 bits per heavy atom. The molecule has 0 aliphatic carbocycles. The van der Waals surface area contributed by atoms with Gasteiger partial charge in [0, 0.05) is 12.5 Å². The molecule has 0 aliphatic rings. The number of furan rings is 1. The van der Waals surface area contributed by atoms with Gasteiger partial charge in [-0.15, -0.1) is 0 Å². The Bertz CT molecular complexity index is 622. The van der Waals surface area contributed by atoms with Crippen LogP contribution in [0.3, 0.4) is 0 Å². The van der Waals surface area contributed by atoms with Crippen LogP contribution in [0.15, 0.2) is 40.1 Å². The maximum Gasteiger partial charge on any atom is 0.243 e. The molecule has 3 N–H and O–H groups in total. The van der Waals surface area contributed by atoms with Gasteiger partial charge in [0.05, 0.1) is 18.7 Å². The summed E-state index contributed by atoms with van der Waals surface area (Å²) >= 11 is 0. The lowest BCUT2D eigenvalue weighted by Crippen LogP contribution is -2.34. The summed E-state index contributed by atoms with van der Waals surface area (Å²) in [5, 5.41) is 0. The van der Waals surface area contributed by atoms with Gasteiger partial charge in [-0.3, -0.25) is 0 Å². The quantitative estimate of drug-likeness (QED) is 0.829. The summed E-state index contributed by atoms with van der Waals surface area (Å²) in [6.07, 6.45) is 4.35. The summed E-state index contributed by atoms with van der Waals surface area (Å²) in [7, 11) is -3.65. The molecule has 19 heavy (non-hydrogen) atoms. The van der Waals surface area contributed by atoms with Crippen molar-refractivity contribution in [3.8, 4) is 0 Å². The number of nitrogen functional groups attached to an aromatic ring is 1. The smallest absolute Gasteiger partial charge is 0.243 e. The fraction of sp³-hybridized carbons (Fsp3) is 0.273.